The molecule has 0 aliphatic rings. The fourth-order valence-electron chi connectivity index (χ4n) is 0.978. The molecule has 0 aromatic heterocycles. The molecule has 0 radical (unpaired) electrons. The highest BCUT2D eigenvalue weighted by Crippen LogP contribution is 2.30. The smallest absolute Gasteiger partial charge is 0.188 e. The number of hydrazone groups is 1. The summed E-state index contributed by atoms with van der Waals surface area (Å²) in [5, 5.41) is 19.0. The molecule has 0 N–H and O–H groups in total. The van der Waals surface area contributed by atoms with Crippen LogP contribution in [0.2, 0.25) is 0 Å². The Morgan fingerprint density at radius 3 is 2.37 bits per heavy atom. The summed E-state index contributed by atoms with van der Waals surface area (Å²) in [7, 11) is 0. The summed E-state index contributed by atoms with van der Waals surface area (Å²) < 4.78 is 52.1. The fourth-order valence-corrected chi connectivity index (χ4v) is 1.27. The minimum absolute atomic E-state index is 0.369. The third-order valence-corrected chi connectivity index (χ3v) is 2.60. The molecule has 0 saturated heterocycles. The maximum atomic E-state index is 13.3. The van der Waals surface area contributed by atoms with E-state index in [9.17, 15) is 17.7 Å². The minimum Gasteiger partial charge on any atom is -0.206 e. The molecule has 98 valence electrons. The number of anilines is 1. The summed E-state index contributed by atoms with van der Waals surface area (Å²) in [5.41, 5.74) is -1.12. The average Bonchev–Trinajstić information content (AvgIpc) is 2.41. The molecule has 0 heterocycles. The van der Waals surface area contributed by atoms with Gasteiger partial charge in [0.25, 0.3) is 0 Å². The summed E-state index contributed by atoms with van der Waals surface area (Å²) in [6.45, 7) is 0. The molecule has 0 aliphatic heterocycles. The van der Waals surface area contributed by atoms with Gasteiger partial charge in [0.2, 0.25) is 0 Å². The Morgan fingerprint density at radius 2 is 1.84 bits per heavy atom. The molecule has 1 aromatic rings. The molecule has 1 aromatic carbocycles. The Kier molecular flexibility index (Phi) is 4.84. The summed E-state index contributed by atoms with van der Waals surface area (Å²) in [6.07, 6.45) is 0.567. The monoisotopic (exact) mass is 334 g/mol. The predicted octanol–water partition coefficient (Wildman–Crippen LogP) is 3.21. The zero-order valence-electron chi connectivity index (χ0n) is 8.91. The Morgan fingerprint density at radius 1 is 1.26 bits per heavy atom. The molecule has 0 unspecified atom stereocenters. The average molecular weight is 335 g/mol. The lowest BCUT2D eigenvalue weighted by atomic mass is 10.2. The topological polar surface area (TPSA) is 63.2 Å². The second-order valence-electron chi connectivity index (χ2n) is 3.08. The van der Waals surface area contributed by atoms with Crippen molar-refractivity contribution in [2.24, 2.45) is 11.0 Å². The zero-order chi connectivity index (χ0) is 14.6. The van der Waals surface area contributed by atoms with Crippen LogP contribution in [0.25, 0.3) is 0 Å². The minimum atomic E-state index is -1.67. The van der Waals surface area contributed by atoms with E-state index in [0.29, 0.717) is 12.3 Å². The highest BCUT2D eigenvalue weighted by molar-refractivity contribution is 9.10. The molecule has 0 fully saturated rings. The van der Waals surface area contributed by atoms with Crippen LogP contribution in [0.15, 0.2) is 15.6 Å². The van der Waals surface area contributed by atoms with Gasteiger partial charge in [0, 0.05) is 6.07 Å². The van der Waals surface area contributed by atoms with Crippen LogP contribution >= 0.6 is 15.9 Å². The highest BCUT2D eigenvalue weighted by atomic mass is 79.9. The SMILES string of the molecule is N#CC(C#N)C=NN(F)c1cc(F)c(Br)c(F)c1F. The van der Waals surface area contributed by atoms with Gasteiger partial charge in [0.05, 0.1) is 22.8 Å². The second-order valence-corrected chi connectivity index (χ2v) is 3.87. The van der Waals surface area contributed by atoms with E-state index in [4.69, 9.17) is 10.5 Å². The van der Waals surface area contributed by atoms with Crippen LogP contribution < -0.4 is 5.23 Å². The molecule has 19 heavy (non-hydrogen) atoms. The van der Waals surface area contributed by atoms with Crippen molar-refractivity contribution in [3.05, 3.63) is 28.0 Å². The first-order valence-electron chi connectivity index (χ1n) is 4.54. The predicted molar refractivity (Wildman–Crippen MR) is 60.8 cm³/mol. The van der Waals surface area contributed by atoms with Crippen LogP contribution in [0.4, 0.5) is 23.3 Å². The van der Waals surface area contributed by atoms with Gasteiger partial charge in [-0.1, -0.05) is 9.71 Å². The summed E-state index contributed by atoms with van der Waals surface area (Å²) in [4.78, 5) is 0. The van der Waals surface area contributed by atoms with Crippen LogP contribution in [0.5, 0.6) is 0 Å². The van der Waals surface area contributed by atoms with E-state index in [1.54, 1.807) is 0 Å². The lowest BCUT2D eigenvalue weighted by Crippen LogP contribution is -2.09. The number of nitrogens with zero attached hydrogens (tertiary/aromatic N) is 4. The Labute approximate surface area is 113 Å². The van der Waals surface area contributed by atoms with Crippen LogP contribution in [0.1, 0.15) is 0 Å². The van der Waals surface area contributed by atoms with Crippen LogP contribution in [0, 0.1) is 46.0 Å². The van der Waals surface area contributed by atoms with Crippen molar-refractivity contribution in [2.45, 2.75) is 0 Å². The fraction of sp³-hybridized carbons (Fsp3) is 0.100. The third-order valence-electron chi connectivity index (χ3n) is 1.88. The maximum Gasteiger partial charge on any atom is 0.188 e. The molecule has 0 spiro atoms. The van der Waals surface area contributed by atoms with Crippen LogP contribution in [-0.2, 0) is 0 Å². The van der Waals surface area contributed by atoms with E-state index in [-0.39, 0.29) is 0 Å². The highest BCUT2D eigenvalue weighted by Gasteiger charge is 2.21. The van der Waals surface area contributed by atoms with Gasteiger partial charge in [-0.15, -0.1) is 0 Å². The molecule has 4 nitrogen and oxygen atoms in total. The number of nitriles is 2. The van der Waals surface area contributed by atoms with Crippen molar-refractivity contribution >= 4 is 27.8 Å². The van der Waals surface area contributed by atoms with E-state index < -0.39 is 38.8 Å². The first-order valence-corrected chi connectivity index (χ1v) is 5.34. The van der Waals surface area contributed by atoms with E-state index in [2.05, 4.69) is 21.0 Å². The third kappa shape index (κ3) is 3.20. The van der Waals surface area contributed by atoms with Crippen molar-refractivity contribution in [1.82, 2.24) is 0 Å². The molecule has 1 rings (SSSR count). The van der Waals surface area contributed by atoms with Gasteiger partial charge in [0.15, 0.2) is 17.6 Å². The zero-order valence-corrected chi connectivity index (χ0v) is 10.5. The summed E-state index contributed by atoms with van der Waals surface area (Å²) in [5.74, 6) is -5.89. The van der Waals surface area contributed by atoms with Gasteiger partial charge in [-0.25, -0.2) is 13.2 Å². The lowest BCUT2D eigenvalue weighted by Gasteiger charge is -2.10. The van der Waals surface area contributed by atoms with Gasteiger partial charge in [-0.05, 0) is 15.9 Å². The van der Waals surface area contributed by atoms with E-state index in [0.717, 1.165) is 0 Å². The largest absolute Gasteiger partial charge is 0.206 e. The molecule has 0 atom stereocenters. The van der Waals surface area contributed by atoms with Crippen LogP contribution in [0.3, 0.4) is 0 Å². The number of benzene rings is 1. The molecule has 0 saturated carbocycles. The lowest BCUT2D eigenvalue weighted by molar-refractivity contribution is 0.419. The molecule has 0 aliphatic carbocycles. The number of hydrogen-bond donors (Lipinski definition) is 0. The quantitative estimate of drug-likeness (QED) is 0.213. The molecular weight excluding hydrogens is 332 g/mol. The van der Waals surface area contributed by atoms with Crippen molar-refractivity contribution in [1.29, 1.82) is 10.5 Å². The molecule has 0 bridgehead atoms. The van der Waals surface area contributed by atoms with Gasteiger partial charge >= 0.3 is 0 Å². The standard InChI is InChI=1S/C10H3BrF4N4/c11-8-6(12)1-7(9(13)10(8)14)19(15)18-4-5(2-16)3-17/h1,4-5H. The van der Waals surface area contributed by atoms with Crippen molar-refractivity contribution in [2.75, 3.05) is 5.23 Å². The molecular formula is C10H3BrF4N4. The Balaban J connectivity index is 3.12. The van der Waals surface area contributed by atoms with Crippen molar-refractivity contribution in [3.8, 4) is 12.1 Å². The van der Waals surface area contributed by atoms with Gasteiger partial charge in [-0.3, -0.25) is 0 Å². The first kappa shape index (κ1) is 14.9. The number of hydrogen-bond acceptors (Lipinski definition) is 4. The first-order chi connectivity index (χ1) is 8.92. The molecule has 0 amide bonds. The summed E-state index contributed by atoms with van der Waals surface area (Å²) >= 11 is 2.44. The van der Waals surface area contributed by atoms with Gasteiger partial charge < -0.3 is 0 Å². The van der Waals surface area contributed by atoms with Crippen LogP contribution in [-0.4, -0.2) is 6.21 Å². The van der Waals surface area contributed by atoms with Gasteiger partial charge in [0.1, 0.15) is 11.5 Å². The number of halogens is 5. The van der Waals surface area contributed by atoms with Crippen molar-refractivity contribution in [3.63, 3.8) is 0 Å². The maximum absolute atomic E-state index is 13.3. The van der Waals surface area contributed by atoms with Crippen molar-refractivity contribution < 1.29 is 17.7 Å². The van der Waals surface area contributed by atoms with E-state index in [1.807, 2.05) is 0 Å². The Hall–Kier alpha value is -2.13. The van der Waals surface area contributed by atoms with E-state index >= 15 is 0 Å². The van der Waals surface area contributed by atoms with Gasteiger partial charge in [-0.2, -0.15) is 15.6 Å². The Bertz CT molecular complexity index is 591. The van der Waals surface area contributed by atoms with E-state index in [1.165, 1.54) is 12.1 Å². The molecule has 9 heteroatoms. The normalized spacial score (nSPS) is 10.5. The second kappa shape index (κ2) is 6.16. The summed E-state index contributed by atoms with van der Waals surface area (Å²) in [6, 6.07) is 3.27. The number of rotatable bonds is 3.